The molecule has 0 radical (unpaired) electrons. The molecule has 77 heavy (non-hydrogen) atoms. The molecule has 0 fully saturated rings. The molecule has 4 aliphatic rings. The monoisotopic (exact) mass is 996 g/mol. The molecule has 0 aromatic heterocycles. The van der Waals surface area contributed by atoms with E-state index in [9.17, 15) is 0 Å². The molecule has 12 aromatic rings. The van der Waals surface area contributed by atoms with E-state index >= 15 is 0 Å². The van der Waals surface area contributed by atoms with Crippen molar-refractivity contribution in [2.75, 3.05) is 9.80 Å². The Bertz CT molecular complexity index is 4260. The molecule has 1 spiro atoms. The first-order valence-electron chi connectivity index (χ1n) is 26.6. The normalized spacial score (nSPS) is 13.5. The van der Waals surface area contributed by atoms with Gasteiger partial charge in [0.15, 0.2) is 0 Å². The van der Waals surface area contributed by atoms with E-state index in [1.165, 1.54) is 72.0 Å². The number of nitrogens with zero attached hydrogens (tertiary/aromatic N) is 2. The molecule has 2 nitrogen and oxygen atoms in total. The second kappa shape index (κ2) is 17.1. The lowest BCUT2D eigenvalue weighted by Gasteiger charge is -2.46. The zero-order valence-electron chi connectivity index (χ0n) is 41.9. The fraction of sp³-hybridized carbons (Fsp3) is 0.0137. The van der Waals surface area contributed by atoms with Gasteiger partial charge in [-0.15, -0.1) is 0 Å². The third-order valence-corrected chi connectivity index (χ3v) is 17.1. The largest absolute Gasteiger partial charge is 0.311 e. The quantitative estimate of drug-likeness (QED) is 0.153. The van der Waals surface area contributed by atoms with E-state index < -0.39 is 5.41 Å². The SMILES string of the molecule is Clc1cc2c3c(c1)N(c1c(-c4ccccc4)cccc1-c1ccccc1)c1ccc(-c4ccccc4)cc1B3c1cc3c(cc1N2c1ccccc1-c1ccccc1)-c1ccccc1C31c2ccccc2-c2ccccc21. The Kier molecular flexibility index (Phi) is 9.74. The lowest BCUT2D eigenvalue weighted by atomic mass is 9.33. The Labute approximate surface area is 454 Å². The average molecular weight is 997 g/mol. The molecule has 0 N–H and O–H groups in total. The van der Waals surface area contributed by atoms with E-state index in [1.54, 1.807) is 0 Å². The predicted molar refractivity (Wildman–Crippen MR) is 324 cm³/mol. The van der Waals surface area contributed by atoms with Gasteiger partial charge in [-0.25, -0.2) is 0 Å². The molecule has 4 heteroatoms. The van der Waals surface area contributed by atoms with E-state index in [0.29, 0.717) is 5.02 Å². The maximum absolute atomic E-state index is 7.75. The van der Waals surface area contributed by atoms with Gasteiger partial charge in [0.2, 0.25) is 0 Å². The molecule has 0 atom stereocenters. The van der Waals surface area contributed by atoms with E-state index in [-0.39, 0.29) is 6.71 Å². The van der Waals surface area contributed by atoms with Crippen LogP contribution in [0.2, 0.25) is 5.02 Å². The van der Waals surface area contributed by atoms with Gasteiger partial charge in [0, 0.05) is 44.5 Å². The van der Waals surface area contributed by atoms with Crippen molar-refractivity contribution in [2.45, 2.75) is 5.41 Å². The third kappa shape index (κ3) is 6.33. The van der Waals surface area contributed by atoms with Crippen molar-refractivity contribution in [3.63, 3.8) is 0 Å². The number of anilines is 6. The van der Waals surface area contributed by atoms with E-state index in [1.807, 2.05) is 0 Å². The fourth-order valence-corrected chi connectivity index (χ4v) is 14.1. The van der Waals surface area contributed by atoms with Gasteiger partial charge in [0.1, 0.15) is 0 Å². The first-order valence-corrected chi connectivity index (χ1v) is 27.0. The summed E-state index contributed by atoms with van der Waals surface area (Å²) in [5, 5.41) is 0.667. The number of benzene rings is 12. The Hall–Kier alpha value is -9.41. The average Bonchev–Trinajstić information content (AvgIpc) is 4.03. The van der Waals surface area contributed by atoms with Gasteiger partial charge in [0.05, 0.1) is 16.8 Å². The van der Waals surface area contributed by atoms with E-state index in [4.69, 9.17) is 11.6 Å². The zero-order chi connectivity index (χ0) is 50.8. The molecule has 2 heterocycles. The van der Waals surface area contributed by atoms with Gasteiger partial charge in [-0.3, -0.25) is 0 Å². The maximum Gasteiger partial charge on any atom is 0.252 e. The van der Waals surface area contributed by atoms with E-state index in [0.717, 1.165) is 67.5 Å². The van der Waals surface area contributed by atoms with Crippen molar-refractivity contribution in [2.24, 2.45) is 0 Å². The standard InChI is InChI=1S/C73H46BClN2/c75-52-43-69-71-70(44-52)77(72-54(49-26-9-3-10-27-49)34-21-35-55(72)50-28-11-4-12-29-50)67-41-40-51(47-22-5-1-6-23-47)42-64(67)74(71)65-46-63-59(45-68(65)76(69)66-39-20-16-30-53(66)48-24-7-2-8-25-48)58-33-15-19-38-62(58)73(63)60-36-17-13-31-56(60)57-32-14-18-37-61(57)73/h1-46H. The van der Waals surface area contributed by atoms with Crippen LogP contribution in [0.4, 0.5) is 34.1 Å². The highest BCUT2D eigenvalue weighted by Crippen LogP contribution is 2.64. The highest BCUT2D eigenvalue weighted by Gasteiger charge is 2.54. The van der Waals surface area contributed by atoms with Crippen LogP contribution < -0.4 is 26.2 Å². The lowest BCUT2D eigenvalue weighted by Crippen LogP contribution is -2.61. The molecule has 0 unspecified atom stereocenters. The summed E-state index contributed by atoms with van der Waals surface area (Å²) in [5.74, 6) is 0. The number of rotatable bonds is 6. The minimum Gasteiger partial charge on any atom is -0.311 e. The molecule has 2 aliphatic carbocycles. The third-order valence-electron chi connectivity index (χ3n) is 16.9. The summed E-state index contributed by atoms with van der Waals surface area (Å²) in [6.07, 6.45) is 0. The summed E-state index contributed by atoms with van der Waals surface area (Å²) in [5.41, 5.74) is 29.3. The van der Waals surface area contributed by atoms with Crippen molar-refractivity contribution in [1.29, 1.82) is 0 Å². The number of fused-ring (bicyclic) bond motifs is 14. The second-order valence-corrected chi connectivity index (χ2v) is 21.2. The Balaban J connectivity index is 1.07. The summed E-state index contributed by atoms with van der Waals surface area (Å²) in [6.45, 7) is -0.204. The van der Waals surface area contributed by atoms with E-state index in [2.05, 4.69) is 289 Å². The van der Waals surface area contributed by atoms with Crippen LogP contribution in [0.15, 0.2) is 279 Å². The predicted octanol–water partition coefficient (Wildman–Crippen LogP) is 17.4. The first kappa shape index (κ1) is 43.9. The number of para-hydroxylation sites is 2. The number of hydrogen-bond acceptors (Lipinski definition) is 2. The zero-order valence-corrected chi connectivity index (χ0v) is 42.7. The second-order valence-electron chi connectivity index (χ2n) is 20.8. The molecule has 2 aliphatic heterocycles. The van der Waals surface area contributed by atoms with Crippen molar-refractivity contribution in [3.05, 3.63) is 306 Å². The molecule has 0 saturated carbocycles. The van der Waals surface area contributed by atoms with Crippen LogP contribution in [0.1, 0.15) is 22.3 Å². The Morgan fingerprint density at radius 3 is 1.29 bits per heavy atom. The van der Waals surface area contributed by atoms with Crippen LogP contribution in [0.25, 0.3) is 66.8 Å². The summed E-state index contributed by atoms with van der Waals surface area (Å²) in [4.78, 5) is 5.10. The van der Waals surface area contributed by atoms with Crippen molar-refractivity contribution in [1.82, 2.24) is 0 Å². The van der Waals surface area contributed by atoms with Crippen LogP contribution in [0.3, 0.4) is 0 Å². The van der Waals surface area contributed by atoms with Crippen molar-refractivity contribution >= 4 is 68.8 Å². The van der Waals surface area contributed by atoms with Gasteiger partial charge in [-0.2, -0.15) is 0 Å². The molecule has 12 aromatic carbocycles. The van der Waals surface area contributed by atoms with Crippen LogP contribution >= 0.6 is 11.6 Å². The lowest BCUT2D eigenvalue weighted by molar-refractivity contribution is 0.794. The molecule has 358 valence electrons. The topological polar surface area (TPSA) is 6.48 Å². The minimum absolute atomic E-state index is 0.204. The van der Waals surface area contributed by atoms with Gasteiger partial charge in [-0.05, 0) is 119 Å². The van der Waals surface area contributed by atoms with Crippen LogP contribution in [-0.2, 0) is 5.41 Å². The summed E-state index contributed by atoms with van der Waals surface area (Å²) >= 11 is 7.75. The summed E-state index contributed by atoms with van der Waals surface area (Å²) in [7, 11) is 0. The maximum atomic E-state index is 7.75. The van der Waals surface area contributed by atoms with Crippen LogP contribution in [-0.4, -0.2) is 6.71 Å². The highest BCUT2D eigenvalue weighted by atomic mass is 35.5. The van der Waals surface area contributed by atoms with Crippen molar-refractivity contribution < 1.29 is 0 Å². The summed E-state index contributed by atoms with van der Waals surface area (Å²) in [6, 6.07) is 103. The van der Waals surface area contributed by atoms with Gasteiger partial charge in [-0.1, -0.05) is 260 Å². The first-order chi connectivity index (χ1) is 38.1. The minimum atomic E-state index is -0.543. The Morgan fingerprint density at radius 2 is 0.714 bits per heavy atom. The molecule has 0 bridgehead atoms. The van der Waals surface area contributed by atoms with Crippen molar-refractivity contribution in [3.8, 4) is 66.8 Å². The fourth-order valence-electron chi connectivity index (χ4n) is 13.9. The molecular weight excluding hydrogens is 951 g/mol. The number of hydrogen-bond donors (Lipinski definition) is 0. The van der Waals surface area contributed by atoms with Gasteiger partial charge >= 0.3 is 0 Å². The molecule has 0 amide bonds. The molecule has 16 rings (SSSR count). The van der Waals surface area contributed by atoms with Gasteiger partial charge < -0.3 is 9.80 Å². The molecule has 0 saturated heterocycles. The smallest absolute Gasteiger partial charge is 0.252 e. The van der Waals surface area contributed by atoms with Crippen LogP contribution in [0, 0.1) is 0 Å². The summed E-state index contributed by atoms with van der Waals surface area (Å²) < 4.78 is 0. The number of halogens is 1. The van der Waals surface area contributed by atoms with Crippen LogP contribution in [0.5, 0.6) is 0 Å². The Morgan fingerprint density at radius 1 is 0.273 bits per heavy atom. The molecular formula is C73H46BClN2. The van der Waals surface area contributed by atoms with Gasteiger partial charge in [0.25, 0.3) is 6.71 Å². The highest BCUT2D eigenvalue weighted by molar-refractivity contribution is 7.00.